The van der Waals surface area contributed by atoms with Crippen LogP contribution in [0.25, 0.3) is 4.85 Å². The number of nitrogens with zero attached hydrogens (tertiary/aromatic N) is 1. The van der Waals surface area contributed by atoms with Gasteiger partial charge in [-0.3, -0.25) is 0 Å². The first-order valence-corrected chi connectivity index (χ1v) is 4.89. The summed E-state index contributed by atoms with van der Waals surface area (Å²) in [6, 6.07) is 0.311. The highest BCUT2D eigenvalue weighted by Crippen LogP contribution is 2.66. The minimum Gasteiger partial charge on any atom is -0.313 e. The van der Waals surface area contributed by atoms with Crippen LogP contribution in [0.15, 0.2) is 0 Å². The van der Waals surface area contributed by atoms with Crippen LogP contribution in [-0.2, 0) is 0 Å². The number of hydrogen-bond donors (Lipinski definition) is 0. The maximum absolute atomic E-state index is 7.18. The minimum absolute atomic E-state index is 0.311. The molecule has 0 unspecified atom stereocenters. The lowest BCUT2D eigenvalue weighted by atomic mass is 9.69. The molecule has 12 heavy (non-hydrogen) atoms. The Bertz CT molecular complexity index is 248. The van der Waals surface area contributed by atoms with Gasteiger partial charge in [0.15, 0.2) is 0 Å². The van der Waals surface area contributed by atoms with Crippen molar-refractivity contribution in [1.82, 2.24) is 0 Å². The highest BCUT2D eigenvalue weighted by Gasteiger charge is 2.65. The fourth-order valence-electron chi connectivity index (χ4n) is 3.36. The highest BCUT2D eigenvalue weighted by molar-refractivity contribution is 5.16. The molecular weight excluding hydrogens is 146 g/mol. The van der Waals surface area contributed by atoms with E-state index in [2.05, 4.69) is 25.6 Å². The van der Waals surface area contributed by atoms with Crippen molar-refractivity contribution < 1.29 is 0 Å². The maximum atomic E-state index is 7.18. The van der Waals surface area contributed by atoms with Crippen LogP contribution < -0.4 is 0 Å². The lowest BCUT2D eigenvalue weighted by molar-refractivity contribution is 0.147. The van der Waals surface area contributed by atoms with E-state index in [9.17, 15) is 0 Å². The second kappa shape index (κ2) is 2.05. The van der Waals surface area contributed by atoms with E-state index in [1.807, 2.05) is 0 Å². The van der Waals surface area contributed by atoms with E-state index in [4.69, 9.17) is 6.57 Å². The van der Waals surface area contributed by atoms with Crippen LogP contribution in [-0.4, -0.2) is 6.04 Å². The van der Waals surface area contributed by atoms with E-state index < -0.39 is 0 Å². The van der Waals surface area contributed by atoms with Crippen LogP contribution in [0.4, 0.5) is 0 Å². The van der Waals surface area contributed by atoms with E-state index in [0.717, 1.165) is 12.3 Å². The maximum Gasteiger partial charge on any atom is 0.229 e. The fourth-order valence-corrected chi connectivity index (χ4v) is 3.36. The Hall–Kier alpha value is -0.510. The minimum atomic E-state index is 0.311. The van der Waals surface area contributed by atoms with Gasteiger partial charge in [-0.05, 0) is 24.2 Å². The molecular formula is C11H17N. The van der Waals surface area contributed by atoms with Crippen molar-refractivity contribution in [3.05, 3.63) is 11.4 Å². The Morgan fingerprint density at radius 1 is 1.33 bits per heavy atom. The molecule has 0 saturated heterocycles. The van der Waals surface area contributed by atoms with Crippen LogP contribution >= 0.6 is 0 Å². The quantitative estimate of drug-likeness (QED) is 0.483. The van der Waals surface area contributed by atoms with Crippen LogP contribution in [0, 0.1) is 23.3 Å². The Morgan fingerprint density at radius 2 is 2.00 bits per heavy atom. The first-order valence-electron chi connectivity index (χ1n) is 4.89. The molecule has 0 heterocycles. The van der Waals surface area contributed by atoms with Crippen molar-refractivity contribution in [2.45, 2.75) is 46.1 Å². The molecule has 2 aliphatic rings. The molecule has 2 fully saturated rings. The predicted octanol–water partition coefficient (Wildman–Crippen LogP) is 3.12. The molecule has 3 atom stereocenters. The zero-order valence-corrected chi connectivity index (χ0v) is 8.22. The Kier molecular flexibility index (Phi) is 1.38. The number of hydrogen-bond acceptors (Lipinski definition) is 0. The molecule has 0 aromatic rings. The molecule has 0 aromatic heterocycles. The number of rotatable bonds is 0. The second-order valence-corrected chi connectivity index (χ2v) is 5.26. The molecule has 2 rings (SSSR count). The predicted molar refractivity (Wildman–Crippen MR) is 49.6 cm³/mol. The van der Waals surface area contributed by atoms with Gasteiger partial charge in [-0.2, -0.15) is 0 Å². The summed E-state index contributed by atoms with van der Waals surface area (Å²) in [6.45, 7) is 14.2. The zero-order chi connectivity index (χ0) is 8.98. The van der Waals surface area contributed by atoms with E-state index in [0.29, 0.717) is 16.9 Å². The van der Waals surface area contributed by atoms with Crippen molar-refractivity contribution >= 4 is 0 Å². The van der Waals surface area contributed by atoms with E-state index in [1.165, 1.54) is 12.8 Å². The Balaban J connectivity index is 2.41. The monoisotopic (exact) mass is 163 g/mol. The number of fused-ring (bicyclic) bond motifs is 2. The summed E-state index contributed by atoms with van der Waals surface area (Å²) >= 11 is 0. The lowest BCUT2D eigenvalue weighted by Crippen LogP contribution is -2.33. The normalized spacial score (nSPS) is 49.2. The van der Waals surface area contributed by atoms with Crippen molar-refractivity contribution in [2.75, 3.05) is 0 Å². The summed E-state index contributed by atoms with van der Waals surface area (Å²) in [7, 11) is 0. The van der Waals surface area contributed by atoms with Crippen LogP contribution in [0.2, 0.25) is 0 Å². The van der Waals surface area contributed by atoms with Crippen molar-refractivity contribution in [3.63, 3.8) is 0 Å². The van der Waals surface area contributed by atoms with Gasteiger partial charge >= 0.3 is 0 Å². The molecule has 1 heteroatoms. The molecule has 0 aliphatic heterocycles. The van der Waals surface area contributed by atoms with Gasteiger partial charge in [-0.15, -0.1) is 0 Å². The molecule has 2 saturated carbocycles. The molecule has 1 nitrogen and oxygen atoms in total. The Morgan fingerprint density at radius 3 is 2.25 bits per heavy atom. The third-order valence-electron chi connectivity index (χ3n) is 4.90. The molecule has 66 valence electrons. The van der Waals surface area contributed by atoms with Gasteiger partial charge in [0.25, 0.3) is 0 Å². The molecule has 2 aliphatic carbocycles. The highest BCUT2D eigenvalue weighted by atomic mass is 14.8. The molecule has 0 N–H and O–H groups in total. The summed E-state index contributed by atoms with van der Waals surface area (Å²) in [5.41, 5.74) is 0.738. The first kappa shape index (κ1) is 8.10. The van der Waals surface area contributed by atoms with Gasteiger partial charge in [0.2, 0.25) is 6.04 Å². The van der Waals surface area contributed by atoms with Crippen molar-refractivity contribution in [3.8, 4) is 0 Å². The molecule has 0 aromatic carbocycles. The van der Waals surface area contributed by atoms with Crippen LogP contribution in [0.3, 0.4) is 0 Å². The van der Waals surface area contributed by atoms with Gasteiger partial charge in [-0.1, -0.05) is 20.8 Å². The summed E-state index contributed by atoms with van der Waals surface area (Å²) in [4.78, 5) is 3.79. The lowest BCUT2D eigenvalue weighted by Gasteiger charge is -2.33. The third kappa shape index (κ3) is 0.648. The van der Waals surface area contributed by atoms with Gasteiger partial charge in [-0.25, -0.2) is 6.57 Å². The smallest absolute Gasteiger partial charge is 0.229 e. The summed E-state index contributed by atoms with van der Waals surface area (Å²) in [6.07, 6.45) is 3.79. The summed E-state index contributed by atoms with van der Waals surface area (Å²) in [5, 5.41) is 0. The van der Waals surface area contributed by atoms with Gasteiger partial charge in [0.05, 0.1) is 0 Å². The SMILES string of the molecule is [C-]#[N+][C@@H]1C[C@@H]2CC[C@@]1(C)C2(C)C. The van der Waals surface area contributed by atoms with E-state index >= 15 is 0 Å². The van der Waals surface area contributed by atoms with Gasteiger partial charge in [0.1, 0.15) is 0 Å². The van der Waals surface area contributed by atoms with E-state index in [1.54, 1.807) is 0 Å². The second-order valence-electron chi connectivity index (χ2n) is 5.26. The molecule has 2 bridgehead atoms. The molecule has 0 spiro atoms. The largest absolute Gasteiger partial charge is 0.313 e. The summed E-state index contributed by atoms with van der Waals surface area (Å²) in [5.74, 6) is 0.821. The first-order chi connectivity index (χ1) is 5.52. The summed E-state index contributed by atoms with van der Waals surface area (Å²) < 4.78 is 0. The van der Waals surface area contributed by atoms with Crippen molar-refractivity contribution in [1.29, 1.82) is 0 Å². The van der Waals surface area contributed by atoms with Crippen molar-refractivity contribution in [2.24, 2.45) is 16.7 Å². The van der Waals surface area contributed by atoms with Crippen LogP contribution in [0.5, 0.6) is 0 Å². The topological polar surface area (TPSA) is 4.36 Å². The third-order valence-corrected chi connectivity index (χ3v) is 4.90. The molecule has 0 radical (unpaired) electrons. The average Bonchev–Trinajstić information content (AvgIpc) is 2.34. The zero-order valence-electron chi connectivity index (χ0n) is 8.22. The van der Waals surface area contributed by atoms with Crippen LogP contribution in [0.1, 0.15) is 40.0 Å². The Labute approximate surface area is 75.0 Å². The fraction of sp³-hybridized carbons (Fsp3) is 0.909. The van der Waals surface area contributed by atoms with Gasteiger partial charge in [0, 0.05) is 11.8 Å². The van der Waals surface area contributed by atoms with Gasteiger partial charge < -0.3 is 4.85 Å². The van der Waals surface area contributed by atoms with E-state index in [-0.39, 0.29) is 0 Å². The average molecular weight is 163 g/mol. The molecule has 0 amide bonds. The standard InChI is InChI=1S/C11H17N/c1-10(2)8-5-6-11(10,3)9(7-8)12-4/h8-9H,5-7H2,1-3H3/t8-,9+,11+/m0/s1.